The van der Waals surface area contributed by atoms with Gasteiger partial charge in [-0.25, -0.2) is 4.79 Å². The lowest BCUT2D eigenvalue weighted by atomic mass is 10.3. The molecule has 0 fully saturated rings. The number of halogens is 3. The quantitative estimate of drug-likeness (QED) is 0.620. The maximum Gasteiger partial charge on any atom is 0.441 e. The number of nitrogen functional groups attached to an aromatic ring is 1. The van der Waals surface area contributed by atoms with Gasteiger partial charge in [0.25, 0.3) is 0 Å². The van der Waals surface area contributed by atoms with Crippen molar-refractivity contribution >= 4 is 40.1 Å². The van der Waals surface area contributed by atoms with Crippen molar-refractivity contribution in [2.45, 2.75) is 12.4 Å². The molecule has 108 valence electrons. The molecule has 0 unspecified atom stereocenters. The number of hydrogen-bond donors (Lipinski definition) is 2. The summed E-state index contributed by atoms with van der Waals surface area (Å²) in [6, 6.07) is 0. The van der Waals surface area contributed by atoms with Gasteiger partial charge in [0, 0.05) is 12.3 Å². The zero-order chi connectivity index (χ0) is 14.5. The van der Waals surface area contributed by atoms with Gasteiger partial charge in [-0.05, 0) is 30.2 Å². The SMILES string of the molecule is CCOC(=O)c1c(N)nsc1NCCSC(F)(F)F. The van der Waals surface area contributed by atoms with Crippen LogP contribution in [0.2, 0.25) is 0 Å². The number of anilines is 2. The topological polar surface area (TPSA) is 77.2 Å². The van der Waals surface area contributed by atoms with Crippen molar-refractivity contribution in [3.63, 3.8) is 0 Å². The van der Waals surface area contributed by atoms with Crippen LogP contribution >= 0.6 is 23.3 Å². The van der Waals surface area contributed by atoms with Crippen molar-refractivity contribution < 1.29 is 22.7 Å². The molecule has 0 bridgehead atoms. The third-order valence-electron chi connectivity index (χ3n) is 1.85. The Morgan fingerprint density at radius 3 is 2.84 bits per heavy atom. The van der Waals surface area contributed by atoms with Crippen LogP contribution in [-0.4, -0.2) is 34.8 Å². The largest absolute Gasteiger partial charge is 0.462 e. The second-order valence-corrected chi connectivity index (χ2v) is 5.15. The van der Waals surface area contributed by atoms with Gasteiger partial charge < -0.3 is 15.8 Å². The molecule has 3 N–H and O–H groups in total. The van der Waals surface area contributed by atoms with Crippen LogP contribution in [0.3, 0.4) is 0 Å². The van der Waals surface area contributed by atoms with Crippen molar-refractivity contribution in [2.24, 2.45) is 0 Å². The zero-order valence-corrected chi connectivity index (χ0v) is 11.5. The van der Waals surface area contributed by atoms with Crippen LogP contribution in [0.25, 0.3) is 0 Å². The Hall–Kier alpha value is -1.16. The summed E-state index contributed by atoms with van der Waals surface area (Å²) in [5.41, 5.74) is 1.33. The van der Waals surface area contributed by atoms with E-state index in [1.807, 2.05) is 0 Å². The highest BCUT2D eigenvalue weighted by atomic mass is 32.2. The Morgan fingerprint density at radius 1 is 1.58 bits per heavy atom. The lowest BCUT2D eigenvalue weighted by Gasteiger charge is -2.08. The molecule has 0 amide bonds. The predicted octanol–water partition coefficient (Wildman–Crippen LogP) is 2.57. The molecule has 1 rings (SSSR count). The van der Waals surface area contributed by atoms with E-state index in [-0.39, 0.29) is 42.0 Å². The lowest BCUT2D eigenvalue weighted by molar-refractivity contribution is -0.0327. The number of carbonyl (C=O) groups excluding carboxylic acids is 1. The molecule has 0 saturated heterocycles. The van der Waals surface area contributed by atoms with Crippen molar-refractivity contribution in [1.29, 1.82) is 0 Å². The predicted molar refractivity (Wildman–Crippen MR) is 69.5 cm³/mol. The Bertz CT molecular complexity index is 437. The third kappa shape index (κ3) is 5.15. The van der Waals surface area contributed by atoms with E-state index in [1.54, 1.807) is 6.92 Å². The first-order chi connectivity index (χ1) is 8.85. The molecular formula is C9H12F3N3O2S2. The molecule has 0 aliphatic heterocycles. The molecule has 0 aliphatic rings. The number of nitrogens with two attached hydrogens (primary N) is 1. The number of nitrogens with one attached hydrogen (secondary N) is 1. The first-order valence-electron chi connectivity index (χ1n) is 5.22. The van der Waals surface area contributed by atoms with Crippen molar-refractivity contribution in [2.75, 3.05) is 30.0 Å². The maximum absolute atomic E-state index is 11.9. The standard InChI is InChI=1S/C9H12F3N3O2S2/c1-2-17-8(16)5-6(13)15-19-7(5)14-3-4-18-9(10,11)12/h14H,2-4H2,1H3,(H2,13,15). The molecule has 0 aromatic carbocycles. The normalized spacial score (nSPS) is 11.4. The summed E-state index contributed by atoms with van der Waals surface area (Å²) in [6.45, 7) is 1.86. The molecule has 0 saturated carbocycles. The summed E-state index contributed by atoms with van der Waals surface area (Å²) in [5, 5.41) is 3.02. The average molecular weight is 315 g/mol. The van der Waals surface area contributed by atoms with E-state index in [2.05, 4.69) is 9.69 Å². The zero-order valence-electron chi connectivity index (χ0n) is 9.91. The number of thioether (sulfide) groups is 1. The van der Waals surface area contributed by atoms with E-state index in [4.69, 9.17) is 10.5 Å². The Morgan fingerprint density at radius 2 is 2.26 bits per heavy atom. The van der Waals surface area contributed by atoms with E-state index >= 15 is 0 Å². The van der Waals surface area contributed by atoms with Crippen LogP contribution in [0.4, 0.5) is 24.0 Å². The highest BCUT2D eigenvalue weighted by Crippen LogP contribution is 2.31. The summed E-state index contributed by atoms with van der Waals surface area (Å²) in [4.78, 5) is 11.6. The molecule has 5 nitrogen and oxygen atoms in total. The molecule has 1 aromatic rings. The number of hydrogen-bond acceptors (Lipinski definition) is 7. The fourth-order valence-corrected chi connectivity index (χ4v) is 2.32. The molecular weight excluding hydrogens is 303 g/mol. The van der Waals surface area contributed by atoms with Gasteiger partial charge in [0.2, 0.25) is 0 Å². The van der Waals surface area contributed by atoms with E-state index in [1.165, 1.54) is 0 Å². The maximum atomic E-state index is 11.9. The van der Waals surface area contributed by atoms with Crippen LogP contribution in [0.15, 0.2) is 0 Å². The van der Waals surface area contributed by atoms with Crippen LogP contribution in [0.5, 0.6) is 0 Å². The van der Waals surface area contributed by atoms with Gasteiger partial charge >= 0.3 is 11.5 Å². The van der Waals surface area contributed by atoms with E-state index in [0.717, 1.165) is 11.5 Å². The second kappa shape index (κ2) is 6.85. The van der Waals surface area contributed by atoms with E-state index in [9.17, 15) is 18.0 Å². The van der Waals surface area contributed by atoms with Crippen LogP contribution in [-0.2, 0) is 4.74 Å². The summed E-state index contributed by atoms with van der Waals surface area (Å²) in [6.07, 6.45) is 0. The number of nitrogens with zero attached hydrogens (tertiary/aromatic N) is 1. The molecule has 0 radical (unpaired) electrons. The summed E-state index contributed by atoms with van der Waals surface area (Å²) in [7, 11) is 0. The highest BCUT2D eigenvalue weighted by molar-refractivity contribution is 8.00. The van der Waals surface area contributed by atoms with E-state index in [0.29, 0.717) is 5.00 Å². The van der Waals surface area contributed by atoms with Crippen molar-refractivity contribution in [1.82, 2.24) is 4.37 Å². The van der Waals surface area contributed by atoms with Crippen LogP contribution < -0.4 is 11.1 Å². The molecule has 0 spiro atoms. The van der Waals surface area contributed by atoms with Gasteiger partial charge in [-0.2, -0.15) is 17.5 Å². The van der Waals surface area contributed by atoms with Gasteiger partial charge in [-0.1, -0.05) is 0 Å². The molecule has 19 heavy (non-hydrogen) atoms. The minimum absolute atomic E-state index is 0.00873. The molecule has 0 atom stereocenters. The number of esters is 1. The Labute approximate surface area is 115 Å². The van der Waals surface area contributed by atoms with Crippen LogP contribution in [0.1, 0.15) is 17.3 Å². The summed E-state index contributed by atoms with van der Waals surface area (Å²) >= 11 is 0.769. The first-order valence-corrected chi connectivity index (χ1v) is 6.98. The fraction of sp³-hybridized carbons (Fsp3) is 0.556. The Balaban J connectivity index is 2.57. The number of alkyl halides is 3. The van der Waals surface area contributed by atoms with Crippen molar-refractivity contribution in [3.8, 4) is 0 Å². The molecule has 1 heterocycles. The first kappa shape index (κ1) is 15.9. The number of aromatic nitrogens is 1. The average Bonchev–Trinajstić information content (AvgIpc) is 2.65. The van der Waals surface area contributed by atoms with Gasteiger partial charge in [0.15, 0.2) is 5.82 Å². The molecule has 1 aromatic heterocycles. The van der Waals surface area contributed by atoms with Crippen LogP contribution in [0, 0.1) is 0 Å². The number of rotatable bonds is 6. The molecule has 0 aliphatic carbocycles. The number of ether oxygens (including phenoxy) is 1. The summed E-state index contributed by atoms with van der Waals surface area (Å²) in [5.74, 6) is -0.807. The molecule has 10 heteroatoms. The third-order valence-corrected chi connectivity index (χ3v) is 3.41. The van der Waals surface area contributed by atoms with Gasteiger partial charge in [0.1, 0.15) is 10.6 Å². The minimum Gasteiger partial charge on any atom is -0.462 e. The fourth-order valence-electron chi connectivity index (χ4n) is 1.15. The highest BCUT2D eigenvalue weighted by Gasteiger charge is 2.27. The minimum atomic E-state index is -4.27. The van der Waals surface area contributed by atoms with Gasteiger partial charge in [-0.3, -0.25) is 0 Å². The Kier molecular flexibility index (Phi) is 5.73. The second-order valence-electron chi connectivity index (χ2n) is 3.21. The smallest absolute Gasteiger partial charge is 0.441 e. The summed E-state index contributed by atoms with van der Waals surface area (Å²) < 4.78 is 44.3. The number of carbonyl (C=O) groups is 1. The van der Waals surface area contributed by atoms with Gasteiger partial charge in [-0.15, -0.1) is 0 Å². The monoisotopic (exact) mass is 315 g/mol. The lowest BCUT2D eigenvalue weighted by Crippen LogP contribution is -2.12. The van der Waals surface area contributed by atoms with Crippen molar-refractivity contribution in [3.05, 3.63) is 5.56 Å². The van der Waals surface area contributed by atoms with E-state index < -0.39 is 11.5 Å². The van der Waals surface area contributed by atoms with Gasteiger partial charge in [0.05, 0.1) is 6.61 Å².